The number of sulfonamides is 1. The molecule has 0 amide bonds. The van der Waals surface area contributed by atoms with Gasteiger partial charge in [-0.2, -0.15) is 8.42 Å². The van der Waals surface area contributed by atoms with Crippen molar-refractivity contribution in [2.75, 3.05) is 15.4 Å². The molecular formula is C22H24N8O2S. The number of aryl methyl sites for hydroxylation is 3. The number of imidazole rings is 1. The smallest absolute Gasteiger partial charge is 0.280 e. The fraction of sp³-hybridized carbons (Fsp3) is 0.182. The van der Waals surface area contributed by atoms with E-state index in [-0.39, 0.29) is 5.03 Å². The largest absolute Gasteiger partial charge is 0.340 e. The lowest BCUT2D eigenvalue weighted by Crippen LogP contribution is -2.13. The lowest BCUT2D eigenvalue weighted by atomic mass is 10.3. The monoisotopic (exact) mass is 464 g/mol. The van der Waals surface area contributed by atoms with E-state index in [0.29, 0.717) is 35.5 Å². The minimum atomic E-state index is -3.77. The van der Waals surface area contributed by atoms with E-state index in [1.807, 2.05) is 26.0 Å². The molecule has 4 aromatic rings. The molecule has 0 saturated heterocycles. The van der Waals surface area contributed by atoms with Crippen molar-refractivity contribution in [2.45, 2.75) is 32.3 Å². The molecule has 0 spiro atoms. The van der Waals surface area contributed by atoms with Gasteiger partial charge in [-0.05, 0) is 62.7 Å². The van der Waals surface area contributed by atoms with Crippen molar-refractivity contribution < 1.29 is 8.42 Å². The predicted molar refractivity (Wildman–Crippen MR) is 127 cm³/mol. The maximum atomic E-state index is 12.6. The number of aromatic nitrogens is 5. The summed E-state index contributed by atoms with van der Waals surface area (Å²) >= 11 is 0. The van der Waals surface area contributed by atoms with Crippen LogP contribution >= 0.6 is 0 Å². The number of nitrogens with one attached hydrogen (secondary N) is 3. The first kappa shape index (κ1) is 22.2. The van der Waals surface area contributed by atoms with E-state index in [4.69, 9.17) is 0 Å². The second-order valence-electron chi connectivity index (χ2n) is 7.35. The van der Waals surface area contributed by atoms with E-state index in [9.17, 15) is 8.42 Å². The van der Waals surface area contributed by atoms with Crippen LogP contribution in [0.15, 0.2) is 66.2 Å². The zero-order chi connectivity index (χ0) is 23.4. The third-order valence-corrected chi connectivity index (χ3v) is 6.07. The first-order valence-corrected chi connectivity index (χ1v) is 11.8. The molecular weight excluding hydrogens is 440 g/mol. The van der Waals surface area contributed by atoms with Crippen LogP contribution < -0.4 is 15.4 Å². The molecule has 0 aliphatic rings. The Morgan fingerprint density at radius 3 is 2.21 bits per heavy atom. The third kappa shape index (κ3) is 5.44. The summed E-state index contributed by atoms with van der Waals surface area (Å²) in [5.41, 5.74) is 2.26. The van der Waals surface area contributed by atoms with Gasteiger partial charge in [-0.1, -0.05) is 0 Å². The molecule has 0 fully saturated rings. The molecule has 10 nitrogen and oxygen atoms in total. The Morgan fingerprint density at radius 2 is 1.55 bits per heavy atom. The third-order valence-electron chi connectivity index (χ3n) is 4.82. The molecule has 0 aliphatic heterocycles. The highest BCUT2D eigenvalue weighted by Crippen LogP contribution is 2.22. The second kappa shape index (κ2) is 9.25. The van der Waals surface area contributed by atoms with Crippen LogP contribution in [0.25, 0.3) is 0 Å². The van der Waals surface area contributed by atoms with Crippen LogP contribution in [0.2, 0.25) is 0 Å². The molecule has 33 heavy (non-hydrogen) atoms. The number of rotatable bonds is 8. The molecule has 0 saturated carbocycles. The number of benzene rings is 1. The van der Waals surface area contributed by atoms with Crippen molar-refractivity contribution >= 4 is 38.9 Å². The van der Waals surface area contributed by atoms with Crippen LogP contribution in [0.3, 0.4) is 0 Å². The number of hydrogen-bond donors (Lipinski definition) is 3. The molecule has 4 rings (SSSR count). The second-order valence-corrected chi connectivity index (χ2v) is 8.98. The van der Waals surface area contributed by atoms with E-state index in [1.54, 1.807) is 48.0 Å². The first-order chi connectivity index (χ1) is 15.8. The number of pyridine rings is 1. The quantitative estimate of drug-likeness (QED) is 0.357. The highest BCUT2D eigenvalue weighted by molar-refractivity contribution is 7.92. The fourth-order valence-electron chi connectivity index (χ4n) is 3.14. The average Bonchev–Trinajstić information content (AvgIpc) is 3.17. The van der Waals surface area contributed by atoms with Crippen LogP contribution in [-0.2, 0) is 16.6 Å². The summed E-state index contributed by atoms with van der Waals surface area (Å²) < 4.78 is 29.6. The Hall–Kier alpha value is -3.99. The van der Waals surface area contributed by atoms with Gasteiger partial charge in [0.1, 0.15) is 29.6 Å². The van der Waals surface area contributed by atoms with E-state index < -0.39 is 10.0 Å². The van der Waals surface area contributed by atoms with E-state index in [2.05, 4.69) is 35.3 Å². The van der Waals surface area contributed by atoms with Crippen molar-refractivity contribution in [1.82, 2.24) is 24.5 Å². The molecule has 11 heteroatoms. The zero-order valence-corrected chi connectivity index (χ0v) is 19.3. The summed E-state index contributed by atoms with van der Waals surface area (Å²) in [6.07, 6.45) is 4.70. The Kier molecular flexibility index (Phi) is 6.22. The lowest BCUT2D eigenvalue weighted by Gasteiger charge is -2.10. The molecule has 1 aromatic carbocycles. The number of nitrogens with zero attached hydrogens (tertiary/aromatic N) is 5. The number of hydrogen-bond acceptors (Lipinski definition) is 8. The van der Waals surface area contributed by atoms with Crippen LogP contribution in [0.4, 0.5) is 28.8 Å². The van der Waals surface area contributed by atoms with Crippen LogP contribution in [-0.4, -0.2) is 32.9 Å². The van der Waals surface area contributed by atoms with Gasteiger partial charge in [-0.3, -0.25) is 4.72 Å². The van der Waals surface area contributed by atoms with E-state index in [0.717, 1.165) is 11.3 Å². The Morgan fingerprint density at radius 1 is 0.879 bits per heavy atom. The minimum Gasteiger partial charge on any atom is -0.340 e. The van der Waals surface area contributed by atoms with Gasteiger partial charge in [0.15, 0.2) is 5.03 Å². The lowest BCUT2D eigenvalue weighted by molar-refractivity contribution is 0.598. The Labute approximate surface area is 192 Å². The summed E-state index contributed by atoms with van der Waals surface area (Å²) in [5.74, 6) is 2.51. The van der Waals surface area contributed by atoms with E-state index in [1.165, 1.54) is 12.5 Å². The minimum absolute atomic E-state index is 0.00633. The highest BCUT2D eigenvalue weighted by Gasteiger charge is 2.19. The van der Waals surface area contributed by atoms with Gasteiger partial charge in [0.05, 0.1) is 0 Å². The Balaban J connectivity index is 1.43. The standard InChI is InChI=1S/C22H24N8O2S/c1-4-30-13-22(26-16(30)3)33(31,32)29-18-7-5-17(6-8-18)27-20-12-21(25-14-24-20)28-19-11-15(2)9-10-23-19/h5-14,29H,4H2,1-3H3,(H2,23,24,25,27,28). The van der Waals surface area contributed by atoms with Gasteiger partial charge in [0.25, 0.3) is 10.0 Å². The molecule has 3 heterocycles. The topological polar surface area (TPSA) is 127 Å². The van der Waals surface area contributed by atoms with Gasteiger partial charge in [0, 0.05) is 36.4 Å². The molecule has 0 atom stereocenters. The summed E-state index contributed by atoms with van der Waals surface area (Å²) in [5, 5.41) is 6.32. The van der Waals surface area contributed by atoms with Crippen LogP contribution in [0.1, 0.15) is 18.3 Å². The van der Waals surface area contributed by atoms with Crippen molar-refractivity contribution in [2.24, 2.45) is 0 Å². The average molecular weight is 465 g/mol. The van der Waals surface area contributed by atoms with Crippen LogP contribution in [0, 0.1) is 13.8 Å². The summed E-state index contributed by atoms with van der Waals surface area (Å²) in [7, 11) is -3.77. The maximum Gasteiger partial charge on any atom is 0.280 e. The predicted octanol–water partition coefficient (Wildman–Crippen LogP) is 3.99. The van der Waals surface area contributed by atoms with Gasteiger partial charge in [0.2, 0.25) is 0 Å². The van der Waals surface area contributed by atoms with Crippen LogP contribution in [0.5, 0.6) is 0 Å². The molecule has 0 bridgehead atoms. The van der Waals surface area contributed by atoms with Gasteiger partial charge >= 0.3 is 0 Å². The molecule has 0 aliphatic carbocycles. The van der Waals surface area contributed by atoms with Crippen molar-refractivity contribution in [3.8, 4) is 0 Å². The van der Waals surface area contributed by atoms with Crippen molar-refractivity contribution in [1.29, 1.82) is 0 Å². The normalized spacial score (nSPS) is 11.2. The number of anilines is 5. The van der Waals surface area contributed by atoms with E-state index >= 15 is 0 Å². The highest BCUT2D eigenvalue weighted by atomic mass is 32.2. The fourth-order valence-corrected chi connectivity index (χ4v) is 4.20. The molecule has 0 radical (unpaired) electrons. The zero-order valence-electron chi connectivity index (χ0n) is 18.4. The molecule has 0 unspecified atom stereocenters. The Bertz CT molecular complexity index is 1370. The summed E-state index contributed by atoms with van der Waals surface area (Å²) in [4.78, 5) is 16.9. The maximum absolute atomic E-state index is 12.6. The molecule has 170 valence electrons. The SMILES string of the molecule is CCn1cc(S(=O)(=O)Nc2ccc(Nc3cc(Nc4cc(C)ccn4)ncn3)cc2)nc1C. The van der Waals surface area contributed by atoms with Crippen molar-refractivity contribution in [3.63, 3.8) is 0 Å². The molecule has 3 N–H and O–H groups in total. The van der Waals surface area contributed by atoms with Gasteiger partial charge in [-0.15, -0.1) is 0 Å². The van der Waals surface area contributed by atoms with Crippen molar-refractivity contribution in [3.05, 3.63) is 72.6 Å². The van der Waals surface area contributed by atoms with Gasteiger partial charge in [-0.25, -0.2) is 19.9 Å². The molecule has 3 aromatic heterocycles. The first-order valence-electron chi connectivity index (χ1n) is 10.3. The summed E-state index contributed by atoms with van der Waals surface area (Å²) in [6, 6.07) is 12.4. The summed E-state index contributed by atoms with van der Waals surface area (Å²) in [6.45, 7) is 6.34. The van der Waals surface area contributed by atoms with Gasteiger partial charge < -0.3 is 15.2 Å².